The van der Waals surface area contributed by atoms with Crippen LogP contribution in [0.1, 0.15) is 62.2 Å². The molecule has 1 aliphatic heterocycles. The number of aliphatic hydroxyl groups excluding tert-OH is 1. The fraction of sp³-hybridized carbons (Fsp3) is 0.438. The average Bonchev–Trinajstić information content (AvgIpc) is 3.30. The zero-order valence-electron chi connectivity index (χ0n) is 25.6. The second-order valence-electron chi connectivity index (χ2n) is 12.5. The number of amides is 1. The van der Waals surface area contributed by atoms with E-state index in [0.717, 1.165) is 0 Å². The number of carbonyl (C=O) groups is 1. The van der Waals surface area contributed by atoms with Gasteiger partial charge >= 0.3 is 0 Å². The van der Waals surface area contributed by atoms with Crippen LogP contribution in [-0.2, 0) is 22.4 Å². The molecule has 2 aromatic carbocycles. The highest BCUT2D eigenvalue weighted by molar-refractivity contribution is 7.84. The number of hydrogen-bond donors (Lipinski definition) is 4. The summed E-state index contributed by atoms with van der Waals surface area (Å²) in [6.07, 6.45) is 0.430. The van der Waals surface area contributed by atoms with Crippen LogP contribution < -0.4 is 24.2 Å². The van der Waals surface area contributed by atoms with Gasteiger partial charge in [-0.15, -0.1) is 0 Å². The Morgan fingerprint density at radius 2 is 1.84 bits per heavy atom. The molecule has 1 fully saturated rings. The Hall–Kier alpha value is -3.65. The van der Waals surface area contributed by atoms with Crippen LogP contribution in [0.3, 0.4) is 0 Å². The quantitative estimate of drug-likeness (QED) is 0.260. The molecule has 0 bridgehead atoms. The minimum Gasteiger partial charge on any atom is -0.493 e. The number of ether oxygens (including phenoxy) is 3. The number of aliphatic hydroxyl groups is 2. The van der Waals surface area contributed by atoms with Gasteiger partial charge in [0.15, 0.2) is 17.2 Å². The van der Waals surface area contributed by atoms with E-state index in [2.05, 4.69) is 15.0 Å². The van der Waals surface area contributed by atoms with Gasteiger partial charge in [-0.2, -0.15) is 0 Å². The van der Waals surface area contributed by atoms with Gasteiger partial charge in [0.1, 0.15) is 29.9 Å². The van der Waals surface area contributed by atoms with E-state index in [0.29, 0.717) is 29.7 Å². The second kappa shape index (κ2) is 12.3. The molecule has 2 heterocycles. The number of fused-ring (bicyclic) bond motifs is 1. The summed E-state index contributed by atoms with van der Waals surface area (Å²) in [5.74, 6) is -3.37. The van der Waals surface area contributed by atoms with Gasteiger partial charge in [0.2, 0.25) is 0 Å². The molecule has 45 heavy (non-hydrogen) atoms. The van der Waals surface area contributed by atoms with Crippen LogP contribution in [0.2, 0.25) is 0 Å². The molecule has 4 N–H and O–H groups in total. The molecule has 5 rings (SSSR count). The predicted molar refractivity (Wildman–Crippen MR) is 163 cm³/mol. The Bertz CT molecular complexity index is 1610. The number of methoxy groups -OCH3 is 1. The highest BCUT2D eigenvalue weighted by Crippen LogP contribution is 2.45. The number of nitrogens with zero attached hydrogens (tertiary/aromatic N) is 1. The van der Waals surface area contributed by atoms with E-state index in [1.807, 2.05) is 0 Å². The number of halogens is 2. The normalized spacial score (nSPS) is 22.8. The first-order chi connectivity index (χ1) is 21.1. The van der Waals surface area contributed by atoms with Crippen molar-refractivity contribution < 1.29 is 42.2 Å². The third kappa shape index (κ3) is 6.96. The fourth-order valence-corrected chi connectivity index (χ4v) is 5.82. The van der Waals surface area contributed by atoms with Crippen molar-refractivity contribution in [1.29, 1.82) is 0 Å². The summed E-state index contributed by atoms with van der Waals surface area (Å²) in [5.41, 5.74) is -0.405. The third-order valence-corrected chi connectivity index (χ3v) is 9.48. The Morgan fingerprint density at radius 1 is 1.16 bits per heavy atom. The van der Waals surface area contributed by atoms with E-state index in [1.165, 1.54) is 49.6 Å². The van der Waals surface area contributed by atoms with Crippen LogP contribution >= 0.6 is 0 Å². The van der Waals surface area contributed by atoms with E-state index >= 15 is 4.39 Å². The van der Waals surface area contributed by atoms with Crippen molar-refractivity contribution in [2.24, 2.45) is 0 Å². The SMILES string of the molecule is COc1cc(C(=O)NCC(O)(F)c2cc3c(c(-c4ccc(F)cc4)n2)OCC3(C)NS(=O)C(C)(C)C)ccc1OC1CC(O)C1. The number of alkyl halides is 1. The first-order valence-electron chi connectivity index (χ1n) is 14.5. The lowest BCUT2D eigenvalue weighted by molar-refractivity contribution is -0.0943. The standard InChI is InChI=1S/C32H37F2N3O7S/c1-30(2,3)45(41)37-31(4)17-43-28-23(31)15-26(36-27(28)18-6-9-20(33)10-7-18)32(34,40)16-35-29(39)19-8-11-24(25(12-19)42-5)44-22-13-21(38)14-22/h6-12,15,21-22,37-38,40H,13-14,16-17H2,1-5H3,(H,35,39). The second-order valence-corrected chi connectivity index (χ2v) is 14.5. The molecular formula is C32H37F2N3O7S. The van der Waals surface area contributed by atoms with Crippen molar-refractivity contribution >= 4 is 16.9 Å². The molecule has 0 saturated heterocycles. The Morgan fingerprint density at radius 3 is 2.47 bits per heavy atom. The molecule has 10 nitrogen and oxygen atoms in total. The number of nitrogens with one attached hydrogen (secondary N) is 2. The van der Waals surface area contributed by atoms with Crippen LogP contribution in [0.15, 0.2) is 48.5 Å². The smallest absolute Gasteiger partial charge is 0.267 e. The van der Waals surface area contributed by atoms with E-state index in [1.54, 1.807) is 33.8 Å². The van der Waals surface area contributed by atoms with E-state index in [4.69, 9.17) is 14.2 Å². The lowest BCUT2D eigenvalue weighted by Crippen LogP contribution is -2.47. The van der Waals surface area contributed by atoms with Gasteiger partial charge in [-0.25, -0.2) is 22.7 Å². The summed E-state index contributed by atoms with van der Waals surface area (Å²) in [6.45, 7) is 6.33. The van der Waals surface area contributed by atoms with Gasteiger partial charge in [0.25, 0.3) is 11.8 Å². The predicted octanol–water partition coefficient (Wildman–Crippen LogP) is 4.00. The molecular weight excluding hydrogens is 608 g/mol. The van der Waals surface area contributed by atoms with Crippen LogP contribution in [-0.4, -0.2) is 62.5 Å². The van der Waals surface area contributed by atoms with Crippen molar-refractivity contribution in [2.75, 3.05) is 20.3 Å². The maximum absolute atomic E-state index is 16.1. The molecule has 2 aliphatic rings. The largest absolute Gasteiger partial charge is 0.493 e. The van der Waals surface area contributed by atoms with Crippen molar-refractivity contribution in [3.05, 3.63) is 71.2 Å². The number of carbonyl (C=O) groups excluding carboxylic acids is 1. The molecule has 0 spiro atoms. The van der Waals surface area contributed by atoms with Crippen LogP contribution in [0.4, 0.5) is 8.78 Å². The van der Waals surface area contributed by atoms with Crippen molar-refractivity contribution in [3.63, 3.8) is 0 Å². The highest BCUT2D eigenvalue weighted by atomic mass is 32.2. The van der Waals surface area contributed by atoms with Crippen molar-refractivity contribution in [2.45, 2.75) is 68.9 Å². The van der Waals surface area contributed by atoms with Gasteiger partial charge in [-0.05, 0) is 76.2 Å². The summed E-state index contributed by atoms with van der Waals surface area (Å²) in [6, 6.07) is 11.1. The van der Waals surface area contributed by atoms with E-state index in [9.17, 15) is 23.6 Å². The van der Waals surface area contributed by atoms with Crippen LogP contribution in [0.5, 0.6) is 17.2 Å². The van der Waals surface area contributed by atoms with Gasteiger partial charge in [-0.3, -0.25) is 4.79 Å². The molecule has 13 heteroatoms. The first kappa shape index (κ1) is 32.7. The maximum atomic E-state index is 16.1. The molecule has 1 aromatic heterocycles. The summed E-state index contributed by atoms with van der Waals surface area (Å²) in [4.78, 5) is 17.4. The zero-order valence-corrected chi connectivity index (χ0v) is 26.5. The summed E-state index contributed by atoms with van der Waals surface area (Å²) in [7, 11) is -0.119. The molecule has 1 amide bonds. The third-order valence-electron chi connectivity index (χ3n) is 7.73. The number of benzene rings is 2. The first-order valence-corrected chi connectivity index (χ1v) is 15.6. The Labute approximate surface area is 262 Å². The number of aromatic nitrogens is 1. The minimum absolute atomic E-state index is 0.0355. The highest BCUT2D eigenvalue weighted by Gasteiger charge is 2.44. The molecule has 242 valence electrons. The van der Waals surface area contributed by atoms with Crippen LogP contribution in [0.25, 0.3) is 11.3 Å². The molecule has 3 aromatic rings. The monoisotopic (exact) mass is 645 g/mol. The Kier molecular flexibility index (Phi) is 8.93. The maximum Gasteiger partial charge on any atom is 0.267 e. The summed E-state index contributed by atoms with van der Waals surface area (Å²) >= 11 is 0. The van der Waals surface area contributed by atoms with Crippen molar-refractivity contribution in [3.8, 4) is 28.5 Å². The molecule has 1 saturated carbocycles. The van der Waals surface area contributed by atoms with E-state index in [-0.39, 0.29) is 35.5 Å². The number of hydrogen-bond acceptors (Lipinski definition) is 8. The number of pyridine rings is 1. The van der Waals surface area contributed by atoms with Crippen LogP contribution in [0, 0.1) is 5.82 Å². The van der Waals surface area contributed by atoms with E-state index < -0.39 is 57.2 Å². The lowest BCUT2D eigenvalue weighted by Gasteiger charge is -2.32. The average molecular weight is 646 g/mol. The molecule has 0 radical (unpaired) electrons. The van der Waals surface area contributed by atoms with Crippen molar-refractivity contribution in [1.82, 2.24) is 15.0 Å². The minimum atomic E-state index is -3.15. The topological polar surface area (TPSA) is 139 Å². The van der Waals surface area contributed by atoms with Gasteiger partial charge < -0.3 is 29.7 Å². The van der Waals surface area contributed by atoms with Gasteiger partial charge in [0, 0.05) is 29.5 Å². The summed E-state index contributed by atoms with van der Waals surface area (Å²) in [5, 5.41) is 22.9. The number of rotatable bonds is 10. The fourth-order valence-electron chi connectivity index (χ4n) is 4.94. The zero-order chi connectivity index (χ0) is 32.7. The molecule has 1 aliphatic carbocycles. The lowest BCUT2D eigenvalue weighted by atomic mass is 9.92. The Balaban J connectivity index is 1.42. The van der Waals surface area contributed by atoms with Gasteiger partial charge in [0.05, 0.1) is 41.0 Å². The molecule has 3 atom stereocenters. The summed E-state index contributed by atoms with van der Waals surface area (Å²) < 4.78 is 62.5. The van der Waals surface area contributed by atoms with Gasteiger partial charge in [-0.1, -0.05) is 0 Å². The molecule has 3 unspecified atom stereocenters.